The number of carboxylic acid groups (broad SMARTS) is 1. The largest absolute Gasteiger partial charge is 0.477 e. The number of aryl methyl sites for hydroxylation is 1. The zero-order chi connectivity index (χ0) is 12.5. The number of rotatable bonds is 2. The first-order valence-corrected chi connectivity index (χ1v) is 5.74. The van der Waals surface area contributed by atoms with Crippen molar-refractivity contribution in [2.75, 3.05) is 5.32 Å². The van der Waals surface area contributed by atoms with Crippen molar-refractivity contribution in [1.82, 2.24) is 0 Å². The van der Waals surface area contributed by atoms with Crippen LogP contribution in [0.15, 0.2) is 5.38 Å². The predicted molar refractivity (Wildman–Crippen MR) is 64.1 cm³/mol. The maximum Gasteiger partial charge on any atom is 0.348 e. The monoisotopic (exact) mass is 241 g/mol. The summed E-state index contributed by atoms with van der Waals surface area (Å²) in [4.78, 5) is 22.9. The van der Waals surface area contributed by atoms with Crippen LogP contribution in [0, 0.1) is 12.3 Å². The molecule has 1 heterocycles. The van der Waals surface area contributed by atoms with Crippen molar-refractivity contribution in [1.29, 1.82) is 0 Å². The Balaban J connectivity index is 3.02. The number of hydrogen-bond donors (Lipinski definition) is 2. The van der Waals surface area contributed by atoms with Gasteiger partial charge in [-0.1, -0.05) is 20.8 Å². The van der Waals surface area contributed by atoms with E-state index in [0.29, 0.717) is 5.69 Å². The minimum absolute atomic E-state index is 0.176. The van der Waals surface area contributed by atoms with Crippen molar-refractivity contribution in [3.8, 4) is 0 Å². The van der Waals surface area contributed by atoms with E-state index in [2.05, 4.69) is 5.32 Å². The van der Waals surface area contributed by atoms with E-state index in [1.165, 1.54) is 0 Å². The molecule has 0 radical (unpaired) electrons. The molecule has 0 aliphatic rings. The van der Waals surface area contributed by atoms with Crippen molar-refractivity contribution in [3.05, 3.63) is 15.8 Å². The summed E-state index contributed by atoms with van der Waals surface area (Å²) in [5, 5.41) is 13.3. The van der Waals surface area contributed by atoms with E-state index in [9.17, 15) is 9.59 Å². The van der Waals surface area contributed by atoms with E-state index in [4.69, 9.17) is 5.11 Å². The van der Waals surface area contributed by atoms with Crippen LogP contribution >= 0.6 is 11.3 Å². The molecule has 0 atom stereocenters. The molecule has 88 valence electrons. The Labute approximate surface area is 98.3 Å². The van der Waals surface area contributed by atoms with Gasteiger partial charge in [0, 0.05) is 5.41 Å². The minimum atomic E-state index is -1.01. The number of amides is 1. The number of carboxylic acids is 1. The van der Waals surface area contributed by atoms with Gasteiger partial charge in [0.25, 0.3) is 0 Å². The molecule has 0 unspecified atom stereocenters. The summed E-state index contributed by atoms with van der Waals surface area (Å²) in [7, 11) is 0. The Kier molecular flexibility index (Phi) is 3.38. The van der Waals surface area contributed by atoms with Gasteiger partial charge in [0.15, 0.2) is 0 Å². The van der Waals surface area contributed by atoms with Crippen molar-refractivity contribution < 1.29 is 14.7 Å². The van der Waals surface area contributed by atoms with Gasteiger partial charge in [-0.2, -0.15) is 0 Å². The molecule has 4 nitrogen and oxygen atoms in total. The van der Waals surface area contributed by atoms with E-state index in [1.54, 1.807) is 33.1 Å². The lowest BCUT2D eigenvalue weighted by Gasteiger charge is -2.18. The highest BCUT2D eigenvalue weighted by molar-refractivity contribution is 7.12. The first-order valence-electron chi connectivity index (χ1n) is 4.86. The third kappa shape index (κ3) is 2.61. The highest BCUT2D eigenvalue weighted by Gasteiger charge is 2.24. The van der Waals surface area contributed by atoms with Crippen LogP contribution in [0.3, 0.4) is 0 Å². The number of hydrogen-bond acceptors (Lipinski definition) is 3. The SMILES string of the molecule is Cc1csc(C(=O)O)c1NC(=O)C(C)(C)C. The minimum Gasteiger partial charge on any atom is -0.477 e. The number of thiophene rings is 1. The van der Waals surface area contributed by atoms with Crippen LogP contribution in [0.2, 0.25) is 0 Å². The van der Waals surface area contributed by atoms with E-state index in [1.807, 2.05) is 0 Å². The molecule has 0 aliphatic heterocycles. The molecule has 1 rings (SSSR count). The first-order chi connectivity index (χ1) is 7.23. The lowest BCUT2D eigenvalue weighted by molar-refractivity contribution is -0.123. The number of nitrogens with one attached hydrogen (secondary N) is 1. The maximum atomic E-state index is 11.8. The Hall–Kier alpha value is -1.36. The Bertz CT molecular complexity index is 429. The molecular weight excluding hydrogens is 226 g/mol. The van der Waals surface area contributed by atoms with Gasteiger partial charge in [-0.15, -0.1) is 11.3 Å². The number of carbonyl (C=O) groups is 2. The summed E-state index contributed by atoms with van der Waals surface area (Å²) < 4.78 is 0. The summed E-state index contributed by atoms with van der Waals surface area (Å²) in [6, 6.07) is 0. The normalized spacial score (nSPS) is 11.2. The smallest absolute Gasteiger partial charge is 0.348 e. The van der Waals surface area contributed by atoms with Crippen LogP contribution in [0.25, 0.3) is 0 Å². The van der Waals surface area contributed by atoms with Gasteiger partial charge in [-0.25, -0.2) is 4.79 Å². The third-order valence-electron chi connectivity index (χ3n) is 2.09. The number of carbonyl (C=O) groups excluding carboxylic acids is 1. The van der Waals surface area contributed by atoms with E-state index in [0.717, 1.165) is 16.9 Å². The van der Waals surface area contributed by atoms with Crippen LogP contribution in [-0.4, -0.2) is 17.0 Å². The Morgan fingerprint density at radius 3 is 2.38 bits per heavy atom. The zero-order valence-corrected chi connectivity index (χ0v) is 10.6. The van der Waals surface area contributed by atoms with Crippen LogP contribution in [0.4, 0.5) is 5.69 Å². The first kappa shape index (κ1) is 12.7. The molecule has 16 heavy (non-hydrogen) atoms. The second kappa shape index (κ2) is 4.25. The van der Waals surface area contributed by atoms with Crippen LogP contribution < -0.4 is 5.32 Å². The fourth-order valence-corrected chi connectivity index (χ4v) is 1.90. The Morgan fingerprint density at radius 1 is 1.38 bits per heavy atom. The van der Waals surface area contributed by atoms with Gasteiger partial charge in [-0.05, 0) is 17.9 Å². The molecule has 0 saturated carbocycles. The molecule has 0 aliphatic carbocycles. The third-order valence-corrected chi connectivity index (χ3v) is 3.17. The summed E-state index contributed by atoms with van der Waals surface area (Å²) in [6.07, 6.45) is 0. The van der Waals surface area contributed by atoms with Gasteiger partial charge in [0.05, 0.1) is 5.69 Å². The van der Waals surface area contributed by atoms with Crippen molar-refractivity contribution in [3.63, 3.8) is 0 Å². The molecule has 1 aromatic rings. The molecule has 0 bridgehead atoms. The van der Waals surface area contributed by atoms with Crippen LogP contribution in [0.1, 0.15) is 36.0 Å². The quantitative estimate of drug-likeness (QED) is 0.836. The van der Waals surface area contributed by atoms with Gasteiger partial charge in [-0.3, -0.25) is 4.79 Å². The van der Waals surface area contributed by atoms with E-state index in [-0.39, 0.29) is 10.8 Å². The zero-order valence-electron chi connectivity index (χ0n) is 9.75. The highest BCUT2D eigenvalue weighted by atomic mass is 32.1. The summed E-state index contributed by atoms with van der Waals surface area (Å²) in [5.74, 6) is -1.20. The average molecular weight is 241 g/mol. The van der Waals surface area contributed by atoms with E-state index >= 15 is 0 Å². The van der Waals surface area contributed by atoms with Crippen molar-refractivity contribution >= 4 is 28.9 Å². The fourth-order valence-electron chi connectivity index (χ4n) is 1.06. The molecule has 1 amide bonds. The summed E-state index contributed by atoms with van der Waals surface area (Å²) >= 11 is 1.12. The standard InChI is InChI=1S/C11H15NO3S/c1-6-5-16-8(9(13)14)7(6)12-10(15)11(2,3)4/h5H,1-4H3,(H,12,15)(H,13,14). The highest BCUT2D eigenvalue weighted by Crippen LogP contribution is 2.29. The van der Waals surface area contributed by atoms with Crippen LogP contribution in [0.5, 0.6) is 0 Å². The topological polar surface area (TPSA) is 66.4 Å². The Morgan fingerprint density at radius 2 is 1.94 bits per heavy atom. The molecule has 0 spiro atoms. The average Bonchev–Trinajstić information content (AvgIpc) is 2.46. The second-order valence-electron chi connectivity index (χ2n) is 4.63. The number of anilines is 1. The van der Waals surface area contributed by atoms with E-state index < -0.39 is 11.4 Å². The predicted octanol–water partition coefficient (Wildman–Crippen LogP) is 2.74. The fraction of sp³-hybridized carbons (Fsp3) is 0.455. The van der Waals surface area contributed by atoms with Gasteiger partial charge >= 0.3 is 5.97 Å². The maximum absolute atomic E-state index is 11.8. The molecule has 2 N–H and O–H groups in total. The summed E-state index contributed by atoms with van der Waals surface area (Å²) in [6.45, 7) is 7.13. The van der Waals surface area contributed by atoms with Crippen molar-refractivity contribution in [2.45, 2.75) is 27.7 Å². The van der Waals surface area contributed by atoms with Crippen molar-refractivity contribution in [2.24, 2.45) is 5.41 Å². The molecule has 0 saturated heterocycles. The second-order valence-corrected chi connectivity index (χ2v) is 5.51. The van der Waals surface area contributed by atoms with Gasteiger partial charge < -0.3 is 10.4 Å². The molecule has 0 aromatic carbocycles. The lowest BCUT2D eigenvalue weighted by Crippen LogP contribution is -2.28. The molecule has 0 fully saturated rings. The van der Waals surface area contributed by atoms with Crippen LogP contribution in [-0.2, 0) is 4.79 Å². The summed E-state index contributed by atoms with van der Waals surface area (Å²) in [5.41, 5.74) is 0.655. The lowest BCUT2D eigenvalue weighted by atomic mass is 9.95. The van der Waals surface area contributed by atoms with Gasteiger partial charge in [0.2, 0.25) is 5.91 Å². The molecule has 5 heteroatoms. The number of aromatic carboxylic acids is 1. The molecular formula is C11H15NO3S. The molecule has 1 aromatic heterocycles. The van der Waals surface area contributed by atoms with Gasteiger partial charge in [0.1, 0.15) is 4.88 Å².